The lowest BCUT2D eigenvalue weighted by molar-refractivity contribution is 0.455. The molecule has 0 saturated carbocycles. The summed E-state index contributed by atoms with van der Waals surface area (Å²) in [5, 5.41) is 4.55. The fraction of sp³-hybridized carbons (Fsp3) is 0.400. The smallest absolute Gasteiger partial charge is 0.250 e. The number of aromatic amines is 1. The van der Waals surface area contributed by atoms with Crippen LogP contribution in [0.25, 0.3) is 22.2 Å². The number of hydrogen-bond donors (Lipinski definition) is 2. The maximum atomic E-state index is 12.1. The predicted octanol–water partition coefficient (Wildman–Crippen LogP) is 3.44. The Morgan fingerprint density at radius 3 is 2.76 bits per heavy atom. The Kier molecular flexibility index (Phi) is 4.17. The molecule has 25 heavy (non-hydrogen) atoms. The number of nitrogens with zero attached hydrogens (tertiary/aromatic N) is 2. The highest BCUT2D eigenvalue weighted by Gasteiger charge is 2.18. The lowest BCUT2D eigenvalue weighted by Crippen LogP contribution is -2.26. The van der Waals surface area contributed by atoms with E-state index >= 15 is 0 Å². The van der Waals surface area contributed by atoms with E-state index in [1.54, 1.807) is 10.6 Å². The van der Waals surface area contributed by atoms with Crippen molar-refractivity contribution in [2.24, 2.45) is 0 Å². The van der Waals surface area contributed by atoms with Crippen LogP contribution in [0.2, 0.25) is 0 Å². The minimum Gasteiger partial charge on any atom is -0.343 e. The van der Waals surface area contributed by atoms with Gasteiger partial charge in [0.15, 0.2) is 0 Å². The summed E-state index contributed by atoms with van der Waals surface area (Å²) in [5.41, 5.74) is 4.41. The maximum Gasteiger partial charge on any atom is 0.250 e. The van der Waals surface area contributed by atoms with Crippen molar-refractivity contribution in [1.82, 2.24) is 19.9 Å². The minimum absolute atomic E-state index is 0.0357. The highest BCUT2D eigenvalue weighted by molar-refractivity contribution is 5.93. The van der Waals surface area contributed by atoms with Crippen LogP contribution in [0.4, 0.5) is 0 Å². The Bertz CT molecular complexity index is 948. The van der Waals surface area contributed by atoms with E-state index in [0.29, 0.717) is 5.92 Å². The number of piperidine rings is 1. The quantitative estimate of drug-likeness (QED) is 0.770. The van der Waals surface area contributed by atoms with Crippen LogP contribution in [0.1, 0.15) is 44.3 Å². The molecule has 4 heterocycles. The minimum atomic E-state index is 0.0357. The van der Waals surface area contributed by atoms with E-state index in [-0.39, 0.29) is 11.6 Å². The molecule has 1 fully saturated rings. The molecule has 0 atom stereocenters. The highest BCUT2D eigenvalue weighted by atomic mass is 16.1. The van der Waals surface area contributed by atoms with E-state index < -0.39 is 0 Å². The van der Waals surface area contributed by atoms with Crippen molar-refractivity contribution in [2.75, 3.05) is 13.1 Å². The van der Waals surface area contributed by atoms with Crippen molar-refractivity contribution in [3.63, 3.8) is 0 Å². The van der Waals surface area contributed by atoms with Crippen molar-refractivity contribution in [1.29, 1.82) is 0 Å². The van der Waals surface area contributed by atoms with Crippen molar-refractivity contribution < 1.29 is 0 Å². The average molecular weight is 336 g/mol. The van der Waals surface area contributed by atoms with Gasteiger partial charge in [-0.15, -0.1) is 0 Å². The van der Waals surface area contributed by atoms with Gasteiger partial charge in [0.05, 0.1) is 0 Å². The molecule has 0 bridgehead atoms. The fourth-order valence-corrected chi connectivity index (χ4v) is 3.72. The second-order valence-electron chi connectivity index (χ2n) is 7.13. The molecule has 5 nitrogen and oxygen atoms in total. The molecule has 5 heteroatoms. The number of hydrogen-bond acceptors (Lipinski definition) is 3. The first-order valence-corrected chi connectivity index (χ1v) is 9.04. The number of fused-ring (bicyclic) bond motifs is 1. The van der Waals surface area contributed by atoms with Gasteiger partial charge in [-0.05, 0) is 69.1 Å². The molecule has 3 aromatic heterocycles. The molecule has 0 amide bonds. The normalized spacial score (nSPS) is 16.0. The highest BCUT2D eigenvalue weighted by Crippen LogP contribution is 2.32. The molecule has 130 valence electrons. The zero-order chi connectivity index (χ0) is 17.4. The standard InChI is InChI=1S/C20H24N4O/c1-13(2)24-12-15(3-4-19(24)25)16-7-10-22-20-17(16)11-18(23-20)14-5-8-21-9-6-14/h3-4,7,10-14,21H,5-6,8-9H2,1-2H3,(H,22,23). The third-order valence-electron chi connectivity index (χ3n) is 5.14. The van der Waals surface area contributed by atoms with Gasteiger partial charge in [0, 0.05) is 41.5 Å². The van der Waals surface area contributed by atoms with Crippen LogP contribution in [0.15, 0.2) is 41.5 Å². The van der Waals surface area contributed by atoms with Crippen LogP contribution in [0, 0.1) is 0 Å². The van der Waals surface area contributed by atoms with E-state index in [1.807, 2.05) is 38.4 Å². The monoisotopic (exact) mass is 336 g/mol. The molecular weight excluding hydrogens is 312 g/mol. The van der Waals surface area contributed by atoms with Crippen molar-refractivity contribution in [3.8, 4) is 11.1 Å². The molecule has 0 radical (unpaired) electrons. The number of pyridine rings is 2. The van der Waals surface area contributed by atoms with Crippen LogP contribution in [0.3, 0.4) is 0 Å². The van der Waals surface area contributed by atoms with Crippen molar-refractivity contribution in [3.05, 3.63) is 52.7 Å². The Balaban J connectivity index is 1.81. The number of H-pyrrole nitrogens is 1. The molecule has 0 aromatic carbocycles. The lowest BCUT2D eigenvalue weighted by atomic mass is 9.94. The Hall–Kier alpha value is -2.40. The van der Waals surface area contributed by atoms with Crippen LogP contribution in [-0.4, -0.2) is 27.6 Å². The summed E-state index contributed by atoms with van der Waals surface area (Å²) in [7, 11) is 0. The van der Waals surface area contributed by atoms with Crippen LogP contribution < -0.4 is 10.9 Å². The second kappa shape index (κ2) is 6.48. The molecule has 3 aromatic rings. The second-order valence-corrected chi connectivity index (χ2v) is 7.13. The fourth-order valence-electron chi connectivity index (χ4n) is 3.72. The molecule has 0 unspecified atom stereocenters. The van der Waals surface area contributed by atoms with Gasteiger partial charge in [0.2, 0.25) is 0 Å². The Morgan fingerprint density at radius 2 is 2.00 bits per heavy atom. The first kappa shape index (κ1) is 16.1. The largest absolute Gasteiger partial charge is 0.343 e. The maximum absolute atomic E-state index is 12.1. The molecule has 2 N–H and O–H groups in total. The van der Waals surface area contributed by atoms with Gasteiger partial charge in [-0.25, -0.2) is 4.98 Å². The summed E-state index contributed by atoms with van der Waals surface area (Å²) in [4.78, 5) is 20.1. The first-order chi connectivity index (χ1) is 12.1. The lowest BCUT2D eigenvalue weighted by Gasteiger charge is -2.21. The summed E-state index contributed by atoms with van der Waals surface area (Å²) in [6.45, 7) is 6.19. The topological polar surface area (TPSA) is 62.7 Å². The van der Waals surface area contributed by atoms with E-state index in [0.717, 1.165) is 48.1 Å². The molecule has 1 saturated heterocycles. The Morgan fingerprint density at radius 1 is 1.20 bits per heavy atom. The predicted molar refractivity (Wildman–Crippen MR) is 101 cm³/mol. The summed E-state index contributed by atoms with van der Waals surface area (Å²) in [5.74, 6) is 0.563. The van der Waals surface area contributed by atoms with Crippen molar-refractivity contribution >= 4 is 11.0 Å². The summed E-state index contributed by atoms with van der Waals surface area (Å²) in [6, 6.07) is 7.99. The van der Waals surface area contributed by atoms with Gasteiger partial charge >= 0.3 is 0 Å². The SMILES string of the molecule is CC(C)n1cc(-c2ccnc3[nH]c(C4CCNCC4)cc23)ccc1=O. The van der Waals surface area contributed by atoms with Crippen molar-refractivity contribution in [2.45, 2.75) is 38.6 Å². The summed E-state index contributed by atoms with van der Waals surface area (Å²) >= 11 is 0. The number of aromatic nitrogens is 3. The number of nitrogens with one attached hydrogen (secondary N) is 2. The van der Waals surface area contributed by atoms with Gasteiger partial charge in [-0.2, -0.15) is 0 Å². The van der Waals surface area contributed by atoms with E-state index in [9.17, 15) is 4.79 Å². The zero-order valence-corrected chi connectivity index (χ0v) is 14.7. The van der Waals surface area contributed by atoms with Gasteiger partial charge < -0.3 is 14.9 Å². The summed E-state index contributed by atoms with van der Waals surface area (Å²) < 4.78 is 1.78. The third-order valence-corrected chi connectivity index (χ3v) is 5.14. The van der Waals surface area contributed by atoms with E-state index in [1.165, 1.54) is 5.69 Å². The zero-order valence-electron chi connectivity index (χ0n) is 14.7. The first-order valence-electron chi connectivity index (χ1n) is 9.04. The third kappa shape index (κ3) is 3.00. The van der Waals surface area contributed by atoms with E-state index in [2.05, 4.69) is 21.4 Å². The molecule has 0 aliphatic carbocycles. The molecule has 1 aliphatic rings. The molecule has 1 aliphatic heterocycles. The average Bonchev–Trinajstić information content (AvgIpc) is 3.07. The molecular formula is C20H24N4O. The number of rotatable bonds is 3. The Labute approximate surface area is 147 Å². The van der Waals surface area contributed by atoms with Crippen LogP contribution in [-0.2, 0) is 0 Å². The van der Waals surface area contributed by atoms with E-state index in [4.69, 9.17) is 0 Å². The van der Waals surface area contributed by atoms with Crippen LogP contribution >= 0.6 is 0 Å². The van der Waals surface area contributed by atoms with Gasteiger partial charge in [0.25, 0.3) is 5.56 Å². The molecule has 4 rings (SSSR count). The molecule has 0 spiro atoms. The van der Waals surface area contributed by atoms with Crippen LogP contribution in [0.5, 0.6) is 0 Å². The van der Waals surface area contributed by atoms with Gasteiger partial charge in [-0.1, -0.05) is 0 Å². The summed E-state index contributed by atoms with van der Waals surface area (Å²) in [6.07, 6.45) is 6.10. The van der Waals surface area contributed by atoms with Gasteiger partial charge in [-0.3, -0.25) is 4.79 Å². The van der Waals surface area contributed by atoms with Gasteiger partial charge in [0.1, 0.15) is 5.65 Å².